The van der Waals surface area contributed by atoms with Crippen LogP contribution in [0.25, 0.3) is 11.0 Å². The number of benzene rings is 2. The minimum absolute atomic E-state index is 0.0130. The van der Waals surface area contributed by atoms with Crippen LogP contribution in [0.5, 0.6) is 0 Å². The zero-order chi connectivity index (χ0) is 22.8. The summed E-state index contributed by atoms with van der Waals surface area (Å²) in [5.41, 5.74) is 2.34. The van der Waals surface area contributed by atoms with E-state index in [1.165, 1.54) is 10.8 Å². The van der Waals surface area contributed by atoms with Gasteiger partial charge in [-0.25, -0.2) is 9.78 Å². The van der Waals surface area contributed by atoms with Gasteiger partial charge in [-0.05, 0) is 49.2 Å². The smallest absolute Gasteiger partial charge is 0.324 e. The van der Waals surface area contributed by atoms with Crippen LogP contribution in [0.1, 0.15) is 16.7 Å². The van der Waals surface area contributed by atoms with Crippen LogP contribution >= 0.6 is 11.6 Å². The van der Waals surface area contributed by atoms with E-state index < -0.39 is 17.2 Å². The van der Waals surface area contributed by atoms with Gasteiger partial charge in [0.15, 0.2) is 0 Å². The Balaban J connectivity index is 1.76. The Hall–Kier alpha value is -3.71. The summed E-state index contributed by atoms with van der Waals surface area (Å²) in [7, 11) is 0. The van der Waals surface area contributed by atoms with Crippen LogP contribution in [-0.2, 0) is 17.9 Å². The SMILES string of the molecule is Cc1ccc(NC(=O)Cn2c(=O)n(Cc3ccccc3Cl)c(=O)c3cccnc32)c(C)c1. The van der Waals surface area contributed by atoms with Crippen LogP contribution in [-0.4, -0.2) is 20.0 Å². The molecule has 32 heavy (non-hydrogen) atoms. The molecular weight excluding hydrogens is 428 g/mol. The zero-order valence-corrected chi connectivity index (χ0v) is 18.4. The summed E-state index contributed by atoms with van der Waals surface area (Å²) in [6.45, 7) is 3.57. The summed E-state index contributed by atoms with van der Waals surface area (Å²) in [5, 5.41) is 3.53. The molecule has 0 saturated carbocycles. The second kappa shape index (κ2) is 8.80. The lowest BCUT2D eigenvalue weighted by molar-refractivity contribution is -0.116. The summed E-state index contributed by atoms with van der Waals surface area (Å²) >= 11 is 6.24. The van der Waals surface area contributed by atoms with Crippen molar-refractivity contribution in [2.24, 2.45) is 0 Å². The second-order valence-electron chi connectivity index (χ2n) is 7.59. The number of aromatic nitrogens is 3. The van der Waals surface area contributed by atoms with Crippen LogP contribution in [0.2, 0.25) is 5.02 Å². The van der Waals surface area contributed by atoms with Crippen molar-refractivity contribution in [3.8, 4) is 0 Å². The van der Waals surface area contributed by atoms with Crippen molar-refractivity contribution in [3.05, 3.63) is 103 Å². The highest BCUT2D eigenvalue weighted by molar-refractivity contribution is 6.31. The van der Waals surface area contributed by atoms with E-state index in [9.17, 15) is 14.4 Å². The van der Waals surface area contributed by atoms with E-state index in [-0.39, 0.29) is 24.1 Å². The monoisotopic (exact) mass is 448 g/mol. The number of anilines is 1. The van der Waals surface area contributed by atoms with Crippen molar-refractivity contribution in [1.82, 2.24) is 14.1 Å². The van der Waals surface area contributed by atoms with E-state index in [0.29, 0.717) is 16.3 Å². The van der Waals surface area contributed by atoms with E-state index in [1.54, 1.807) is 36.4 Å². The molecule has 0 aliphatic rings. The molecule has 0 unspecified atom stereocenters. The number of hydrogen-bond acceptors (Lipinski definition) is 4. The molecule has 2 aromatic heterocycles. The lowest BCUT2D eigenvalue weighted by Crippen LogP contribution is -2.42. The molecule has 4 rings (SSSR count). The van der Waals surface area contributed by atoms with Crippen LogP contribution < -0.4 is 16.6 Å². The number of fused-ring (bicyclic) bond motifs is 1. The van der Waals surface area contributed by atoms with Crippen LogP contribution in [0.15, 0.2) is 70.4 Å². The average Bonchev–Trinajstić information content (AvgIpc) is 2.77. The van der Waals surface area contributed by atoms with Gasteiger partial charge in [0.25, 0.3) is 5.56 Å². The summed E-state index contributed by atoms with van der Waals surface area (Å²) in [6, 6.07) is 15.9. The maximum Gasteiger partial charge on any atom is 0.333 e. The van der Waals surface area contributed by atoms with E-state index in [4.69, 9.17) is 11.6 Å². The van der Waals surface area contributed by atoms with Crippen molar-refractivity contribution in [2.75, 3.05) is 5.32 Å². The molecular formula is C24H21ClN4O3. The van der Waals surface area contributed by atoms with Crippen LogP contribution in [0.3, 0.4) is 0 Å². The molecule has 7 nitrogen and oxygen atoms in total. The van der Waals surface area contributed by atoms with Gasteiger partial charge in [-0.3, -0.25) is 18.7 Å². The Bertz CT molecular complexity index is 1460. The number of nitrogens with one attached hydrogen (secondary N) is 1. The molecule has 4 aromatic rings. The molecule has 0 aliphatic carbocycles. The topological polar surface area (TPSA) is 86.0 Å². The van der Waals surface area contributed by atoms with Crippen molar-refractivity contribution in [2.45, 2.75) is 26.9 Å². The number of amides is 1. The molecule has 0 atom stereocenters. The van der Waals surface area contributed by atoms with Crippen molar-refractivity contribution in [3.63, 3.8) is 0 Å². The van der Waals surface area contributed by atoms with Gasteiger partial charge >= 0.3 is 5.69 Å². The zero-order valence-electron chi connectivity index (χ0n) is 17.6. The normalized spacial score (nSPS) is 11.0. The molecule has 1 N–H and O–H groups in total. The van der Waals surface area contributed by atoms with Crippen molar-refractivity contribution >= 4 is 34.2 Å². The second-order valence-corrected chi connectivity index (χ2v) is 8.00. The fourth-order valence-corrected chi connectivity index (χ4v) is 3.81. The van der Waals surface area contributed by atoms with Gasteiger partial charge in [0.2, 0.25) is 5.91 Å². The van der Waals surface area contributed by atoms with Gasteiger partial charge in [0.05, 0.1) is 11.9 Å². The lowest BCUT2D eigenvalue weighted by atomic mass is 10.1. The highest BCUT2D eigenvalue weighted by Gasteiger charge is 2.17. The largest absolute Gasteiger partial charge is 0.333 e. The first-order valence-corrected chi connectivity index (χ1v) is 10.4. The van der Waals surface area contributed by atoms with Crippen LogP contribution in [0, 0.1) is 13.8 Å². The minimum Gasteiger partial charge on any atom is -0.324 e. The van der Waals surface area contributed by atoms with Gasteiger partial charge in [-0.15, -0.1) is 0 Å². The third-order valence-electron chi connectivity index (χ3n) is 5.22. The predicted octanol–water partition coefficient (Wildman–Crippen LogP) is 3.52. The summed E-state index contributed by atoms with van der Waals surface area (Å²) in [5.74, 6) is -0.394. The molecule has 2 heterocycles. The average molecular weight is 449 g/mol. The van der Waals surface area contributed by atoms with Gasteiger partial charge in [-0.1, -0.05) is 47.5 Å². The fourth-order valence-electron chi connectivity index (χ4n) is 3.61. The first-order chi connectivity index (χ1) is 15.3. The molecule has 1 amide bonds. The number of aryl methyl sites for hydroxylation is 2. The Kier molecular flexibility index (Phi) is 5.92. The standard InChI is InChI=1S/C24H21ClN4O3/c1-15-9-10-20(16(2)12-15)27-21(30)14-28-22-18(7-5-11-26-22)23(31)29(24(28)32)13-17-6-3-4-8-19(17)25/h3-12H,13-14H2,1-2H3,(H,27,30). The number of carbonyl (C=O) groups excluding carboxylic acids is 1. The van der Waals surface area contributed by atoms with Gasteiger partial charge in [-0.2, -0.15) is 0 Å². The van der Waals surface area contributed by atoms with Crippen LogP contribution in [0.4, 0.5) is 5.69 Å². The molecule has 0 fully saturated rings. The van der Waals surface area contributed by atoms with Gasteiger partial charge < -0.3 is 5.32 Å². The van der Waals surface area contributed by atoms with E-state index in [0.717, 1.165) is 15.7 Å². The Labute approximate surface area is 188 Å². The van der Waals surface area contributed by atoms with E-state index >= 15 is 0 Å². The minimum atomic E-state index is -0.628. The summed E-state index contributed by atoms with van der Waals surface area (Å²) < 4.78 is 2.29. The molecule has 0 saturated heterocycles. The molecule has 162 valence electrons. The molecule has 2 aromatic carbocycles. The van der Waals surface area contributed by atoms with Gasteiger partial charge in [0, 0.05) is 16.9 Å². The Morgan fingerprint density at radius 3 is 2.56 bits per heavy atom. The fraction of sp³-hybridized carbons (Fsp3) is 0.167. The molecule has 0 spiro atoms. The highest BCUT2D eigenvalue weighted by atomic mass is 35.5. The molecule has 0 radical (unpaired) electrons. The number of carbonyl (C=O) groups is 1. The number of pyridine rings is 1. The number of halogens is 1. The van der Waals surface area contributed by atoms with E-state index in [2.05, 4.69) is 10.3 Å². The Morgan fingerprint density at radius 1 is 1.03 bits per heavy atom. The van der Waals surface area contributed by atoms with Crippen molar-refractivity contribution in [1.29, 1.82) is 0 Å². The maximum absolute atomic E-state index is 13.3. The third kappa shape index (κ3) is 4.20. The number of nitrogens with zero attached hydrogens (tertiary/aromatic N) is 3. The molecule has 0 bridgehead atoms. The number of hydrogen-bond donors (Lipinski definition) is 1. The highest BCUT2D eigenvalue weighted by Crippen LogP contribution is 2.17. The summed E-state index contributed by atoms with van der Waals surface area (Å²) in [4.78, 5) is 43.3. The third-order valence-corrected chi connectivity index (χ3v) is 5.59. The first-order valence-electron chi connectivity index (χ1n) is 10.0. The summed E-state index contributed by atoms with van der Waals surface area (Å²) in [6.07, 6.45) is 1.48. The maximum atomic E-state index is 13.3. The molecule has 0 aliphatic heterocycles. The quantitative estimate of drug-likeness (QED) is 0.506. The molecule has 8 heteroatoms. The lowest BCUT2D eigenvalue weighted by Gasteiger charge is -2.14. The number of rotatable bonds is 5. The van der Waals surface area contributed by atoms with E-state index in [1.807, 2.05) is 32.0 Å². The first kappa shape index (κ1) is 21.5. The predicted molar refractivity (Wildman–Crippen MR) is 125 cm³/mol. The van der Waals surface area contributed by atoms with Crippen molar-refractivity contribution < 1.29 is 4.79 Å². The Morgan fingerprint density at radius 2 is 1.81 bits per heavy atom. The van der Waals surface area contributed by atoms with Gasteiger partial charge in [0.1, 0.15) is 12.2 Å².